The summed E-state index contributed by atoms with van der Waals surface area (Å²) in [6.45, 7) is 0. The third kappa shape index (κ3) is 3.21. The van der Waals surface area contributed by atoms with Crippen molar-refractivity contribution in [3.05, 3.63) is 35.1 Å². The van der Waals surface area contributed by atoms with E-state index >= 15 is 0 Å². The summed E-state index contributed by atoms with van der Waals surface area (Å²) in [5.41, 5.74) is 12.1. The van der Waals surface area contributed by atoms with Crippen molar-refractivity contribution in [1.29, 1.82) is 0 Å². The van der Waals surface area contributed by atoms with Crippen LogP contribution in [0.15, 0.2) is 29.7 Å². The van der Waals surface area contributed by atoms with Gasteiger partial charge in [-0.2, -0.15) is 0 Å². The molecule has 5 nitrogen and oxygen atoms in total. The minimum atomic E-state index is 0.362. The molecule has 2 aromatic heterocycles. The SMILES string of the molecule is Nc1cc(N)nc(SCc2ccncc2Cl)n1. The molecule has 88 valence electrons. The van der Waals surface area contributed by atoms with Gasteiger partial charge in [-0.1, -0.05) is 23.4 Å². The van der Waals surface area contributed by atoms with Crippen LogP contribution in [0.25, 0.3) is 0 Å². The van der Waals surface area contributed by atoms with Crippen LogP contribution in [0.1, 0.15) is 5.56 Å². The molecule has 17 heavy (non-hydrogen) atoms. The fourth-order valence-corrected chi connectivity index (χ4v) is 2.33. The van der Waals surface area contributed by atoms with Gasteiger partial charge in [-0.3, -0.25) is 4.98 Å². The Morgan fingerprint density at radius 1 is 1.24 bits per heavy atom. The molecule has 0 radical (unpaired) electrons. The Balaban J connectivity index is 2.10. The van der Waals surface area contributed by atoms with Crippen molar-refractivity contribution in [2.45, 2.75) is 10.9 Å². The lowest BCUT2D eigenvalue weighted by Gasteiger charge is -2.04. The average molecular weight is 268 g/mol. The first-order chi connectivity index (χ1) is 8.15. The number of thioether (sulfide) groups is 1. The number of hydrogen-bond acceptors (Lipinski definition) is 6. The Hall–Kier alpha value is -1.53. The van der Waals surface area contributed by atoms with E-state index in [1.165, 1.54) is 17.8 Å². The van der Waals surface area contributed by atoms with Gasteiger partial charge in [0.25, 0.3) is 0 Å². The van der Waals surface area contributed by atoms with Crippen molar-refractivity contribution in [2.75, 3.05) is 11.5 Å². The molecule has 0 fully saturated rings. The maximum Gasteiger partial charge on any atom is 0.191 e. The fraction of sp³-hybridized carbons (Fsp3) is 0.100. The van der Waals surface area contributed by atoms with Crippen molar-refractivity contribution < 1.29 is 0 Å². The fourth-order valence-electron chi connectivity index (χ4n) is 1.19. The summed E-state index contributed by atoms with van der Waals surface area (Å²) in [4.78, 5) is 12.1. The van der Waals surface area contributed by atoms with Gasteiger partial charge in [0.2, 0.25) is 0 Å². The van der Waals surface area contributed by atoms with Gasteiger partial charge in [0.15, 0.2) is 5.16 Å². The van der Waals surface area contributed by atoms with Crippen molar-refractivity contribution in [1.82, 2.24) is 15.0 Å². The molecule has 0 spiro atoms. The van der Waals surface area contributed by atoms with E-state index in [-0.39, 0.29) is 0 Å². The van der Waals surface area contributed by atoms with E-state index in [0.29, 0.717) is 27.6 Å². The third-order valence-electron chi connectivity index (χ3n) is 1.96. The summed E-state index contributed by atoms with van der Waals surface area (Å²) in [5.74, 6) is 1.37. The first kappa shape index (κ1) is 11.9. The molecule has 4 N–H and O–H groups in total. The number of nitrogen functional groups attached to an aromatic ring is 2. The molecule has 0 bridgehead atoms. The van der Waals surface area contributed by atoms with Gasteiger partial charge in [0, 0.05) is 24.2 Å². The topological polar surface area (TPSA) is 90.7 Å². The molecule has 0 amide bonds. The highest BCUT2D eigenvalue weighted by molar-refractivity contribution is 7.98. The van der Waals surface area contributed by atoms with Crippen LogP contribution in [-0.2, 0) is 5.75 Å². The molecule has 2 aromatic rings. The van der Waals surface area contributed by atoms with Gasteiger partial charge in [0.1, 0.15) is 11.6 Å². The summed E-state index contributed by atoms with van der Waals surface area (Å²) < 4.78 is 0. The summed E-state index contributed by atoms with van der Waals surface area (Å²) in [7, 11) is 0. The molecule has 0 saturated carbocycles. The van der Waals surface area contributed by atoms with Crippen molar-refractivity contribution >= 4 is 35.0 Å². The minimum absolute atomic E-state index is 0.362. The van der Waals surface area contributed by atoms with E-state index in [0.717, 1.165) is 5.56 Å². The number of hydrogen-bond donors (Lipinski definition) is 2. The van der Waals surface area contributed by atoms with Crippen LogP contribution in [0.3, 0.4) is 0 Å². The molecule has 0 aliphatic rings. The zero-order valence-electron chi connectivity index (χ0n) is 8.80. The molecule has 0 atom stereocenters. The monoisotopic (exact) mass is 267 g/mol. The number of nitrogens with zero attached hydrogens (tertiary/aromatic N) is 3. The quantitative estimate of drug-likeness (QED) is 0.653. The normalized spacial score (nSPS) is 10.4. The van der Waals surface area contributed by atoms with Crippen LogP contribution in [-0.4, -0.2) is 15.0 Å². The Labute approximate surface area is 108 Å². The second-order valence-corrected chi connectivity index (χ2v) is 4.61. The van der Waals surface area contributed by atoms with Crippen LogP contribution >= 0.6 is 23.4 Å². The van der Waals surface area contributed by atoms with Crippen LogP contribution < -0.4 is 11.5 Å². The summed E-state index contributed by atoms with van der Waals surface area (Å²) in [6, 6.07) is 3.37. The predicted molar refractivity (Wildman–Crippen MR) is 69.7 cm³/mol. The number of anilines is 2. The molecule has 0 saturated heterocycles. The number of nitrogens with two attached hydrogens (primary N) is 2. The molecular formula is C10H10ClN5S. The lowest BCUT2D eigenvalue weighted by atomic mass is 10.3. The van der Waals surface area contributed by atoms with Crippen molar-refractivity contribution in [3.8, 4) is 0 Å². The average Bonchev–Trinajstić information content (AvgIpc) is 2.27. The Bertz CT molecular complexity index is 514. The lowest BCUT2D eigenvalue weighted by Crippen LogP contribution is -1.99. The molecule has 0 aliphatic carbocycles. The van der Waals surface area contributed by atoms with Crippen molar-refractivity contribution in [2.24, 2.45) is 0 Å². The molecule has 0 unspecified atom stereocenters. The van der Waals surface area contributed by atoms with Crippen LogP contribution in [0.2, 0.25) is 5.02 Å². The lowest BCUT2D eigenvalue weighted by molar-refractivity contribution is 0.984. The highest BCUT2D eigenvalue weighted by Crippen LogP contribution is 2.24. The van der Waals surface area contributed by atoms with E-state index in [9.17, 15) is 0 Å². The second kappa shape index (κ2) is 5.20. The molecular weight excluding hydrogens is 258 g/mol. The molecule has 7 heteroatoms. The van der Waals surface area contributed by atoms with E-state index in [4.69, 9.17) is 23.1 Å². The summed E-state index contributed by atoms with van der Waals surface area (Å²) in [6.07, 6.45) is 3.29. The zero-order valence-corrected chi connectivity index (χ0v) is 10.4. The highest BCUT2D eigenvalue weighted by Gasteiger charge is 2.04. The predicted octanol–water partition coefficient (Wildman–Crippen LogP) is 1.98. The largest absolute Gasteiger partial charge is 0.383 e. The van der Waals surface area contributed by atoms with Gasteiger partial charge in [0.05, 0.1) is 5.02 Å². The Morgan fingerprint density at radius 2 is 1.94 bits per heavy atom. The van der Waals surface area contributed by atoms with Gasteiger partial charge in [-0.15, -0.1) is 0 Å². The summed E-state index contributed by atoms with van der Waals surface area (Å²) >= 11 is 7.41. The van der Waals surface area contributed by atoms with E-state index in [2.05, 4.69) is 15.0 Å². The van der Waals surface area contributed by atoms with E-state index < -0.39 is 0 Å². The Kier molecular flexibility index (Phi) is 3.65. The van der Waals surface area contributed by atoms with Gasteiger partial charge in [-0.05, 0) is 11.6 Å². The number of pyridine rings is 1. The zero-order chi connectivity index (χ0) is 12.3. The number of halogens is 1. The van der Waals surface area contributed by atoms with Crippen molar-refractivity contribution in [3.63, 3.8) is 0 Å². The third-order valence-corrected chi connectivity index (χ3v) is 3.19. The smallest absolute Gasteiger partial charge is 0.191 e. The van der Waals surface area contributed by atoms with Gasteiger partial charge >= 0.3 is 0 Å². The second-order valence-electron chi connectivity index (χ2n) is 3.26. The molecule has 2 rings (SSSR count). The minimum Gasteiger partial charge on any atom is -0.383 e. The van der Waals surface area contributed by atoms with Gasteiger partial charge < -0.3 is 11.5 Å². The van der Waals surface area contributed by atoms with Crippen LogP contribution in [0.4, 0.5) is 11.6 Å². The molecule has 2 heterocycles. The van der Waals surface area contributed by atoms with Crippen LogP contribution in [0, 0.1) is 0 Å². The first-order valence-corrected chi connectivity index (χ1v) is 6.13. The van der Waals surface area contributed by atoms with Crippen LogP contribution in [0.5, 0.6) is 0 Å². The van der Waals surface area contributed by atoms with Gasteiger partial charge in [-0.25, -0.2) is 9.97 Å². The maximum atomic E-state index is 5.99. The first-order valence-electron chi connectivity index (χ1n) is 4.76. The van der Waals surface area contributed by atoms with E-state index in [1.54, 1.807) is 12.4 Å². The number of rotatable bonds is 3. The molecule has 0 aromatic carbocycles. The number of aromatic nitrogens is 3. The standard InChI is InChI=1S/C10H10ClN5S/c11-7-4-14-2-1-6(7)5-17-10-15-8(12)3-9(13)16-10/h1-4H,5H2,(H4,12,13,15,16). The maximum absolute atomic E-state index is 5.99. The molecule has 0 aliphatic heterocycles. The van der Waals surface area contributed by atoms with E-state index in [1.807, 2.05) is 6.07 Å². The highest BCUT2D eigenvalue weighted by atomic mass is 35.5. The summed E-state index contributed by atoms with van der Waals surface area (Å²) in [5, 5.41) is 1.16. The Morgan fingerprint density at radius 3 is 2.59 bits per heavy atom.